The number of aromatic amines is 1. The maximum absolute atomic E-state index is 12.8. The van der Waals surface area contributed by atoms with Crippen LogP contribution in [0.4, 0.5) is 5.82 Å². The molecule has 39 heavy (non-hydrogen) atoms. The number of aromatic nitrogens is 5. The van der Waals surface area contributed by atoms with Crippen LogP contribution >= 0.6 is 0 Å². The van der Waals surface area contributed by atoms with Crippen molar-refractivity contribution in [2.24, 2.45) is 0 Å². The summed E-state index contributed by atoms with van der Waals surface area (Å²) in [4.78, 5) is 28.2. The lowest BCUT2D eigenvalue weighted by molar-refractivity contribution is 0.286. The number of pyridine rings is 1. The SMILES string of the molecule is CCCCOc1nc(N)c2[nH]c(=O)n(Cc3cccc(Oc4cccc(CNCc5ccncc5)c4)c3)c2n1. The molecule has 3 aromatic heterocycles. The summed E-state index contributed by atoms with van der Waals surface area (Å²) in [6.07, 6.45) is 5.44. The second-order valence-corrected chi connectivity index (χ2v) is 9.16. The van der Waals surface area contributed by atoms with Crippen LogP contribution < -0.4 is 26.2 Å². The lowest BCUT2D eigenvalue weighted by Gasteiger charge is -2.11. The zero-order chi connectivity index (χ0) is 27.0. The Morgan fingerprint density at radius 3 is 2.44 bits per heavy atom. The van der Waals surface area contributed by atoms with E-state index in [1.165, 1.54) is 10.1 Å². The van der Waals surface area contributed by atoms with E-state index >= 15 is 0 Å². The first-order valence-corrected chi connectivity index (χ1v) is 12.9. The minimum absolute atomic E-state index is 0.161. The maximum Gasteiger partial charge on any atom is 0.328 e. The van der Waals surface area contributed by atoms with Gasteiger partial charge < -0.3 is 25.5 Å². The summed E-state index contributed by atoms with van der Waals surface area (Å²) in [6, 6.07) is 19.7. The lowest BCUT2D eigenvalue weighted by atomic mass is 10.2. The van der Waals surface area contributed by atoms with E-state index in [4.69, 9.17) is 15.2 Å². The minimum Gasteiger partial charge on any atom is -0.463 e. The van der Waals surface area contributed by atoms with Gasteiger partial charge in [-0.05, 0) is 59.5 Å². The molecule has 0 unspecified atom stereocenters. The number of anilines is 1. The molecule has 0 spiro atoms. The Morgan fingerprint density at radius 2 is 1.67 bits per heavy atom. The van der Waals surface area contributed by atoms with Crippen LogP contribution in [0.1, 0.15) is 36.5 Å². The summed E-state index contributed by atoms with van der Waals surface area (Å²) in [6.45, 7) is 4.30. The van der Waals surface area contributed by atoms with Crippen molar-refractivity contribution in [2.45, 2.75) is 39.4 Å². The lowest BCUT2D eigenvalue weighted by Crippen LogP contribution is -2.17. The van der Waals surface area contributed by atoms with E-state index in [1.54, 1.807) is 12.4 Å². The maximum atomic E-state index is 12.8. The van der Waals surface area contributed by atoms with Gasteiger partial charge >= 0.3 is 11.7 Å². The number of H-pyrrole nitrogens is 1. The first-order valence-electron chi connectivity index (χ1n) is 12.9. The average Bonchev–Trinajstić information content (AvgIpc) is 3.25. The first kappa shape index (κ1) is 25.9. The summed E-state index contributed by atoms with van der Waals surface area (Å²) in [5.74, 6) is 1.57. The molecule has 5 aromatic rings. The molecule has 5 rings (SSSR count). The zero-order valence-electron chi connectivity index (χ0n) is 21.8. The third kappa shape index (κ3) is 6.60. The monoisotopic (exact) mass is 525 g/mol. The van der Waals surface area contributed by atoms with Gasteiger partial charge in [-0.3, -0.25) is 9.55 Å². The molecule has 0 radical (unpaired) electrons. The van der Waals surface area contributed by atoms with Gasteiger partial charge in [0.1, 0.15) is 17.0 Å². The fourth-order valence-corrected chi connectivity index (χ4v) is 4.15. The van der Waals surface area contributed by atoms with Crippen molar-refractivity contribution in [3.05, 3.63) is 100 Å². The molecule has 0 aliphatic heterocycles. The molecule has 0 atom stereocenters. The van der Waals surface area contributed by atoms with Crippen molar-refractivity contribution in [3.8, 4) is 17.5 Å². The number of fused-ring (bicyclic) bond motifs is 1. The molecular formula is C29H31N7O3. The summed E-state index contributed by atoms with van der Waals surface area (Å²) in [7, 11) is 0. The van der Waals surface area contributed by atoms with Crippen molar-refractivity contribution in [1.82, 2.24) is 29.8 Å². The van der Waals surface area contributed by atoms with Crippen LogP contribution in [0.15, 0.2) is 77.9 Å². The number of ether oxygens (including phenoxy) is 2. The predicted molar refractivity (Wildman–Crippen MR) is 150 cm³/mol. The molecule has 4 N–H and O–H groups in total. The number of nitrogen functional groups attached to an aromatic ring is 1. The summed E-state index contributed by atoms with van der Waals surface area (Å²) >= 11 is 0. The van der Waals surface area contributed by atoms with Crippen molar-refractivity contribution >= 4 is 17.0 Å². The molecule has 0 amide bonds. The highest BCUT2D eigenvalue weighted by atomic mass is 16.5. The third-order valence-corrected chi connectivity index (χ3v) is 6.14. The number of nitrogens with zero attached hydrogens (tertiary/aromatic N) is 4. The van der Waals surface area contributed by atoms with Gasteiger partial charge in [0, 0.05) is 25.5 Å². The molecule has 10 nitrogen and oxygen atoms in total. The largest absolute Gasteiger partial charge is 0.463 e. The number of nitrogens with one attached hydrogen (secondary N) is 2. The average molecular weight is 526 g/mol. The highest BCUT2D eigenvalue weighted by Gasteiger charge is 2.15. The number of rotatable bonds is 12. The van der Waals surface area contributed by atoms with E-state index in [9.17, 15) is 4.79 Å². The number of nitrogens with two attached hydrogens (primary N) is 1. The Balaban J connectivity index is 1.28. The van der Waals surface area contributed by atoms with Crippen molar-refractivity contribution in [1.29, 1.82) is 0 Å². The quantitative estimate of drug-likeness (QED) is 0.204. The zero-order valence-corrected chi connectivity index (χ0v) is 21.8. The molecular weight excluding hydrogens is 494 g/mol. The predicted octanol–water partition coefficient (Wildman–Crippen LogP) is 4.41. The topological polar surface area (TPSA) is 133 Å². The van der Waals surface area contributed by atoms with E-state index in [2.05, 4.69) is 38.2 Å². The Kier molecular flexibility index (Phi) is 8.13. The van der Waals surface area contributed by atoms with Crippen LogP contribution in [0.2, 0.25) is 0 Å². The highest BCUT2D eigenvalue weighted by Crippen LogP contribution is 2.24. The number of hydrogen-bond donors (Lipinski definition) is 3. The first-order chi connectivity index (χ1) is 19.1. The highest BCUT2D eigenvalue weighted by molar-refractivity contribution is 5.81. The Labute approximate surface area is 225 Å². The third-order valence-electron chi connectivity index (χ3n) is 6.14. The van der Waals surface area contributed by atoms with Gasteiger partial charge in [-0.2, -0.15) is 9.97 Å². The number of hydrogen-bond acceptors (Lipinski definition) is 8. The van der Waals surface area contributed by atoms with Gasteiger partial charge in [-0.15, -0.1) is 0 Å². The van der Waals surface area contributed by atoms with Gasteiger partial charge in [0.05, 0.1) is 13.2 Å². The fourth-order valence-electron chi connectivity index (χ4n) is 4.15. The second-order valence-electron chi connectivity index (χ2n) is 9.16. The van der Waals surface area contributed by atoms with Crippen LogP contribution in [0.5, 0.6) is 17.5 Å². The minimum atomic E-state index is -0.324. The van der Waals surface area contributed by atoms with Crippen LogP contribution in [-0.4, -0.2) is 31.1 Å². The molecule has 0 saturated heterocycles. The molecule has 10 heteroatoms. The van der Waals surface area contributed by atoms with Crippen LogP contribution in [0, 0.1) is 0 Å². The van der Waals surface area contributed by atoms with E-state index < -0.39 is 0 Å². The van der Waals surface area contributed by atoms with Gasteiger partial charge in [-0.25, -0.2) is 4.79 Å². The molecule has 0 fully saturated rings. The molecule has 0 bridgehead atoms. The van der Waals surface area contributed by atoms with Gasteiger partial charge in [0.25, 0.3) is 0 Å². The molecule has 2 aromatic carbocycles. The fraction of sp³-hybridized carbons (Fsp3) is 0.241. The van der Waals surface area contributed by atoms with E-state index in [0.717, 1.165) is 36.3 Å². The van der Waals surface area contributed by atoms with Gasteiger partial charge in [0.2, 0.25) is 0 Å². The van der Waals surface area contributed by atoms with E-state index in [0.29, 0.717) is 30.1 Å². The van der Waals surface area contributed by atoms with Crippen LogP contribution in [0.3, 0.4) is 0 Å². The summed E-state index contributed by atoms with van der Waals surface area (Å²) < 4.78 is 13.3. The summed E-state index contributed by atoms with van der Waals surface area (Å²) in [5.41, 5.74) is 9.71. The Hall–Kier alpha value is -4.70. The van der Waals surface area contributed by atoms with Gasteiger partial charge in [-0.1, -0.05) is 37.6 Å². The summed E-state index contributed by atoms with van der Waals surface area (Å²) in [5, 5.41) is 3.44. The van der Waals surface area contributed by atoms with Crippen molar-refractivity contribution < 1.29 is 9.47 Å². The number of unbranched alkanes of at least 4 members (excludes halogenated alkanes) is 1. The second kappa shape index (κ2) is 12.2. The van der Waals surface area contributed by atoms with Crippen LogP contribution in [-0.2, 0) is 19.6 Å². The molecule has 0 aliphatic rings. The van der Waals surface area contributed by atoms with E-state index in [1.807, 2.05) is 54.6 Å². The number of benzene rings is 2. The van der Waals surface area contributed by atoms with E-state index in [-0.39, 0.29) is 24.1 Å². The molecule has 0 aliphatic carbocycles. The molecule has 3 heterocycles. The van der Waals surface area contributed by atoms with Crippen LogP contribution in [0.25, 0.3) is 11.2 Å². The normalized spacial score (nSPS) is 11.1. The Bertz CT molecular complexity index is 1600. The smallest absolute Gasteiger partial charge is 0.328 e. The molecule has 200 valence electrons. The molecule has 0 saturated carbocycles. The van der Waals surface area contributed by atoms with Gasteiger partial charge in [0.15, 0.2) is 11.5 Å². The van der Waals surface area contributed by atoms with Crippen molar-refractivity contribution in [3.63, 3.8) is 0 Å². The number of imidazole rings is 1. The Morgan fingerprint density at radius 1 is 0.949 bits per heavy atom. The van der Waals surface area contributed by atoms with Crippen molar-refractivity contribution in [2.75, 3.05) is 12.3 Å². The standard InChI is InChI=1S/C29H31N7O3/c1-2-3-14-38-28-34-26(30)25-27(35-28)36(29(37)33-25)19-22-7-5-9-24(16-22)39-23-8-4-6-21(15-23)18-32-17-20-10-12-31-13-11-20/h4-13,15-16,32H,2-3,14,17-19H2,1H3,(H,33,37)(H2,30,34,35).